The van der Waals surface area contributed by atoms with Gasteiger partial charge in [-0.1, -0.05) is 0 Å². The lowest BCUT2D eigenvalue weighted by Crippen LogP contribution is -2.27. The van der Waals surface area contributed by atoms with Crippen LogP contribution in [0.5, 0.6) is 0 Å². The fourth-order valence-corrected chi connectivity index (χ4v) is 0.555. The SMILES string of the molecule is CC(C)(OCC(=O)O)P(=O)(O)O. The third-order valence-corrected chi connectivity index (χ3v) is 2.78. The Labute approximate surface area is 69.3 Å². The van der Waals surface area contributed by atoms with Crippen molar-refractivity contribution in [2.24, 2.45) is 0 Å². The van der Waals surface area contributed by atoms with Gasteiger partial charge in [0.2, 0.25) is 0 Å². The van der Waals surface area contributed by atoms with Gasteiger partial charge in [-0.15, -0.1) is 0 Å². The molecule has 0 rings (SSSR count). The molecule has 0 unspecified atom stereocenters. The number of carboxylic acids is 1. The van der Waals surface area contributed by atoms with Gasteiger partial charge in [0, 0.05) is 0 Å². The molecular weight excluding hydrogens is 187 g/mol. The van der Waals surface area contributed by atoms with Crippen LogP contribution in [0.15, 0.2) is 0 Å². The van der Waals surface area contributed by atoms with Crippen molar-refractivity contribution in [3.05, 3.63) is 0 Å². The Balaban J connectivity index is 4.24. The molecule has 0 saturated heterocycles. The summed E-state index contributed by atoms with van der Waals surface area (Å²) >= 11 is 0. The molecule has 0 aromatic rings. The molecule has 6 nitrogen and oxygen atoms in total. The molecule has 0 aromatic heterocycles. The average molecular weight is 198 g/mol. The summed E-state index contributed by atoms with van der Waals surface area (Å²) in [6.07, 6.45) is 0. The number of rotatable bonds is 4. The molecule has 0 amide bonds. The van der Waals surface area contributed by atoms with Gasteiger partial charge < -0.3 is 19.6 Å². The Kier molecular flexibility index (Phi) is 3.41. The molecule has 0 aliphatic rings. The molecule has 0 fully saturated rings. The van der Waals surface area contributed by atoms with Gasteiger partial charge in [0.05, 0.1) is 0 Å². The zero-order chi connectivity index (χ0) is 9.99. The second-order valence-corrected chi connectivity index (χ2v) is 4.84. The standard InChI is InChI=1S/C5H11O6P/c1-5(2,12(8,9)10)11-3-4(6)7/h3H2,1-2H3,(H,6,7)(H2,8,9,10). The zero-order valence-corrected chi connectivity index (χ0v) is 7.62. The summed E-state index contributed by atoms with van der Waals surface area (Å²) in [5, 5.41) is 6.42. The number of hydrogen-bond acceptors (Lipinski definition) is 3. The molecule has 0 saturated carbocycles. The lowest BCUT2D eigenvalue weighted by atomic mass is 10.4. The molecule has 3 N–H and O–H groups in total. The molecule has 7 heteroatoms. The summed E-state index contributed by atoms with van der Waals surface area (Å²) in [4.78, 5) is 27.3. The van der Waals surface area contributed by atoms with Gasteiger partial charge in [-0.3, -0.25) is 4.57 Å². The van der Waals surface area contributed by atoms with Crippen LogP contribution in [0.4, 0.5) is 0 Å². The van der Waals surface area contributed by atoms with Crippen LogP contribution in [0.3, 0.4) is 0 Å². The van der Waals surface area contributed by atoms with E-state index >= 15 is 0 Å². The van der Waals surface area contributed by atoms with E-state index in [-0.39, 0.29) is 0 Å². The molecule has 0 spiro atoms. The van der Waals surface area contributed by atoms with Gasteiger partial charge in [-0.2, -0.15) is 0 Å². The Morgan fingerprint density at radius 1 is 1.50 bits per heavy atom. The van der Waals surface area contributed by atoms with E-state index in [0.29, 0.717) is 0 Å². The summed E-state index contributed by atoms with van der Waals surface area (Å²) < 4.78 is 15.1. The number of carbonyl (C=O) groups is 1. The van der Waals surface area contributed by atoms with Crippen LogP contribution < -0.4 is 0 Å². The van der Waals surface area contributed by atoms with Crippen LogP contribution in [0.1, 0.15) is 13.8 Å². The Hall–Kier alpha value is -0.420. The van der Waals surface area contributed by atoms with Crippen molar-refractivity contribution < 1.29 is 29.0 Å². The van der Waals surface area contributed by atoms with E-state index in [1.54, 1.807) is 0 Å². The lowest BCUT2D eigenvalue weighted by Gasteiger charge is -2.24. The van der Waals surface area contributed by atoms with Crippen LogP contribution in [0.25, 0.3) is 0 Å². The summed E-state index contributed by atoms with van der Waals surface area (Å²) in [5.41, 5.74) is 0. The van der Waals surface area contributed by atoms with Crippen LogP contribution >= 0.6 is 7.60 Å². The number of carboxylic acid groups (broad SMARTS) is 1. The summed E-state index contributed by atoms with van der Waals surface area (Å²) in [6.45, 7) is 1.55. The minimum atomic E-state index is -4.41. The number of ether oxygens (including phenoxy) is 1. The monoisotopic (exact) mass is 198 g/mol. The van der Waals surface area contributed by atoms with Gasteiger partial charge in [0.15, 0.2) is 5.34 Å². The highest BCUT2D eigenvalue weighted by Gasteiger charge is 2.39. The highest BCUT2D eigenvalue weighted by molar-refractivity contribution is 7.53. The molecule has 0 aromatic carbocycles. The van der Waals surface area contributed by atoms with E-state index in [1.165, 1.54) is 0 Å². The zero-order valence-electron chi connectivity index (χ0n) is 6.72. The summed E-state index contributed by atoms with van der Waals surface area (Å²) in [5.74, 6) is -1.27. The lowest BCUT2D eigenvalue weighted by molar-refractivity contribution is -0.145. The fourth-order valence-electron chi connectivity index (χ4n) is 0.322. The van der Waals surface area contributed by atoms with Crippen molar-refractivity contribution in [3.63, 3.8) is 0 Å². The largest absolute Gasteiger partial charge is 0.480 e. The van der Waals surface area contributed by atoms with Gasteiger partial charge in [0.25, 0.3) is 0 Å². The third-order valence-electron chi connectivity index (χ3n) is 1.25. The van der Waals surface area contributed by atoms with E-state index in [2.05, 4.69) is 4.74 Å². The van der Waals surface area contributed by atoms with Crippen LogP contribution in [0.2, 0.25) is 0 Å². The predicted octanol–water partition coefficient (Wildman–Crippen LogP) is 0.00140. The normalized spacial score (nSPS) is 13.0. The number of aliphatic carboxylic acids is 1. The first-order chi connectivity index (χ1) is 5.17. The maximum absolute atomic E-state index is 10.6. The Morgan fingerprint density at radius 2 is 1.92 bits per heavy atom. The van der Waals surface area contributed by atoms with Gasteiger partial charge >= 0.3 is 13.6 Å². The average Bonchev–Trinajstić information content (AvgIpc) is 1.81. The van der Waals surface area contributed by atoms with E-state index in [9.17, 15) is 9.36 Å². The van der Waals surface area contributed by atoms with Gasteiger partial charge in [-0.05, 0) is 13.8 Å². The topological polar surface area (TPSA) is 104 Å². The maximum atomic E-state index is 10.6. The fraction of sp³-hybridized carbons (Fsp3) is 0.800. The molecule has 0 atom stereocenters. The second kappa shape index (κ2) is 3.53. The first-order valence-corrected chi connectivity index (χ1v) is 4.69. The third kappa shape index (κ3) is 3.32. The molecule has 12 heavy (non-hydrogen) atoms. The summed E-state index contributed by atoms with van der Waals surface area (Å²) in [7, 11) is -4.41. The molecule has 0 aliphatic heterocycles. The first kappa shape index (κ1) is 11.6. The van der Waals surface area contributed by atoms with Crippen molar-refractivity contribution in [3.8, 4) is 0 Å². The van der Waals surface area contributed by atoms with Crippen molar-refractivity contribution in [1.29, 1.82) is 0 Å². The quantitative estimate of drug-likeness (QED) is 0.549. The Bertz CT molecular complexity index is 216. The van der Waals surface area contributed by atoms with Gasteiger partial charge in [0.1, 0.15) is 6.61 Å². The van der Waals surface area contributed by atoms with E-state index in [0.717, 1.165) is 13.8 Å². The second-order valence-electron chi connectivity index (χ2n) is 2.67. The molecule has 72 valence electrons. The first-order valence-electron chi connectivity index (χ1n) is 3.08. The molecule has 0 heterocycles. The summed E-state index contributed by atoms with van der Waals surface area (Å²) in [6, 6.07) is 0. The van der Waals surface area contributed by atoms with Crippen molar-refractivity contribution in [2.75, 3.05) is 6.61 Å². The van der Waals surface area contributed by atoms with Crippen LogP contribution in [0, 0.1) is 0 Å². The predicted molar refractivity (Wildman–Crippen MR) is 39.7 cm³/mol. The maximum Gasteiger partial charge on any atom is 0.356 e. The molecule has 0 radical (unpaired) electrons. The van der Waals surface area contributed by atoms with E-state index in [1.807, 2.05) is 0 Å². The van der Waals surface area contributed by atoms with Crippen molar-refractivity contribution >= 4 is 13.6 Å². The Morgan fingerprint density at radius 3 is 2.17 bits per heavy atom. The minimum Gasteiger partial charge on any atom is -0.480 e. The van der Waals surface area contributed by atoms with E-state index < -0.39 is 25.5 Å². The highest BCUT2D eigenvalue weighted by atomic mass is 31.2. The molecule has 0 bridgehead atoms. The minimum absolute atomic E-state index is 0.724. The van der Waals surface area contributed by atoms with E-state index in [4.69, 9.17) is 14.9 Å². The van der Waals surface area contributed by atoms with Crippen LogP contribution in [-0.4, -0.2) is 32.8 Å². The highest BCUT2D eigenvalue weighted by Crippen LogP contribution is 2.50. The van der Waals surface area contributed by atoms with Crippen molar-refractivity contribution in [1.82, 2.24) is 0 Å². The van der Waals surface area contributed by atoms with Crippen molar-refractivity contribution in [2.45, 2.75) is 19.2 Å². The van der Waals surface area contributed by atoms with Crippen LogP contribution in [-0.2, 0) is 14.1 Å². The molecular formula is C5H11O6P. The number of hydrogen-bond donors (Lipinski definition) is 3. The smallest absolute Gasteiger partial charge is 0.356 e. The van der Waals surface area contributed by atoms with Gasteiger partial charge in [-0.25, -0.2) is 4.79 Å². The molecule has 0 aliphatic carbocycles.